The number of hydrogen-bond donors (Lipinski definition) is 1. The summed E-state index contributed by atoms with van der Waals surface area (Å²) in [5.74, 6) is 0.621. The minimum absolute atomic E-state index is 0.619. The molecule has 1 aliphatic rings. The molecular formula is C21H22N8. The summed E-state index contributed by atoms with van der Waals surface area (Å²) in [5, 5.41) is 12.4. The minimum Gasteiger partial charge on any atom is -0.348 e. The Kier molecular flexibility index (Phi) is 4.75. The molecular weight excluding hydrogens is 364 g/mol. The van der Waals surface area contributed by atoms with Crippen molar-refractivity contribution < 1.29 is 0 Å². The molecule has 0 aliphatic carbocycles. The van der Waals surface area contributed by atoms with E-state index in [0.29, 0.717) is 12.5 Å². The molecule has 0 atom stereocenters. The van der Waals surface area contributed by atoms with E-state index < -0.39 is 0 Å². The van der Waals surface area contributed by atoms with E-state index in [4.69, 9.17) is 5.10 Å². The number of nitrogens with zero attached hydrogens (tertiary/aromatic N) is 7. The second-order valence-corrected chi connectivity index (χ2v) is 7.12. The van der Waals surface area contributed by atoms with Crippen molar-refractivity contribution in [3.63, 3.8) is 0 Å². The quantitative estimate of drug-likeness (QED) is 0.549. The normalized spacial score (nSPS) is 13.9. The Morgan fingerprint density at radius 3 is 2.72 bits per heavy atom. The van der Waals surface area contributed by atoms with Crippen molar-refractivity contribution in [1.29, 1.82) is 0 Å². The Bertz CT molecular complexity index is 1070. The molecule has 146 valence electrons. The molecule has 8 heteroatoms. The molecule has 0 radical (unpaired) electrons. The second kappa shape index (κ2) is 7.84. The second-order valence-electron chi connectivity index (χ2n) is 7.12. The maximum Gasteiger partial charge on any atom is 0.222 e. The van der Waals surface area contributed by atoms with E-state index in [0.717, 1.165) is 37.6 Å². The Labute approximate surface area is 168 Å². The van der Waals surface area contributed by atoms with Crippen LogP contribution in [-0.2, 0) is 26.2 Å². The molecule has 1 aromatic carbocycles. The van der Waals surface area contributed by atoms with Gasteiger partial charge in [0.25, 0.3) is 0 Å². The average Bonchev–Trinajstić information content (AvgIpc) is 3.40. The van der Waals surface area contributed by atoms with E-state index in [1.807, 2.05) is 29.1 Å². The van der Waals surface area contributed by atoms with Crippen LogP contribution in [0.5, 0.6) is 0 Å². The molecule has 1 aliphatic heterocycles. The third kappa shape index (κ3) is 4.02. The van der Waals surface area contributed by atoms with Crippen LogP contribution in [0.3, 0.4) is 0 Å². The first kappa shape index (κ1) is 17.6. The molecule has 4 heterocycles. The van der Waals surface area contributed by atoms with Gasteiger partial charge in [-0.25, -0.2) is 14.6 Å². The van der Waals surface area contributed by atoms with Crippen molar-refractivity contribution in [3.8, 4) is 5.69 Å². The van der Waals surface area contributed by atoms with Crippen molar-refractivity contribution in [2.45, 2.75) is 26.2 Å². The monoisotopic (exact) mass is 386 g/mol. The summed E-state index contributed by atoms with van der Waals surface area (Å²) in [5.41, 5.74) is 4.53. The fourth-order valence-electron chi connectivity index (χ4n) is 3.58. The van der Waals surface area contributed by atoms with Gasteiger partial charge < -0.3 is 5.32 Å². The molecule has 3 aromatic heterocycles. The zero-order valence-electron chi connectivity index (χ0n) is 16.0. The van der Waals surface area contributed by atoms with Gasteiger partial charge in [-0.2, -0.15) is 10.2 Å². The third-order valence-corrected chi connectivity index (χ3v) is 4.98. The van der Waals surface area contributed by atoms with Crippen LogP contribution in [0.25, 0.3) is 5.69 Å². The van der Waals surface area contributed by atoms with Crippen LogP contribution < -0.4 is 5.32 Å². The van der Waals surface area contributed by atoms with E-state index in [9.17, 15) is 0 Å². The van der Waals surface area contributed by atoms with Gasteiger partial charge in [0.15, 0.2) is 0 Å². The first-order valence-electron chi connectivity index (χ1n) is 9.71. The smallest absolute Gasteiger partial charge is 0.222 e. The lowest BCUT2D eigenvalue weighted by Gasteiger charge is -2.26. The van der Waals surface area contributed by atoms with Crippen molar-refractivity contribution in [2.75, 3.05) is 11.9 Å². The first-order chi connectivity index (χ1) is 14.3. The Morgan fingerprint density at radius 2 is 1.86 bits per heavy atom. The predicted octanol–water partition coefficient (Wildman–Crippen LogP) is 2.49. The maximum atomic E-state index is 4.71. The van der Waals surface area contributed by atoms with E-state index >= 15 is 0 Å². The Balaban J connectivity index is 1.21. The Hall–Kier alpha value is -3.52. The van der Waals surface area contributed by atoms with Crippen LogP contribution in [-0.4, -0.2) is 41.0 Å². The highest BCUT2D eigenvalue weighted by Crippen LogP contribution is 2.17. The molecule has 0 saturated carbocycles. The van der Waals surface area contributed by atoms with Gasteiger partial charge in [0, 0.05) is 43.8 Å². The molecule has 0 bridgehead atoms. The standard InChI is InChI=1S/C21H22N8/c1-2-5-19(6-3-1)29-15-17(12-25-29)14-27-9-10-28-20(16-27)11-18(26-28)13-24-21-22-7-4-8-23-21/h1-8,11-12,15H,9-10,13-14,16H2,(H,22,23,24). The summed E-state index contributed by atoms with van der Waals surface area (Å²) < 4.78 is 4.03. The van der Waals surface area contributed by atoms with Crippen LogP contribution >= 0.6 is 0 Å². The summed E-state index contributed by atoms with van der Waals surface area (Å²) in [4.78, 5) is 10.8. The summed E-state index contributed by atoms with van der Waals surface area (Å²) in [6.07, 6.45) is 7.52. The van der Waals surface area contributed by atoms with E-state index in [1.165, 1.54) is 11.3 Å². The van der Waals surface area contributed by atoms with Gasteiger partial charge in [0.05, 0.1) is 36.4 Å². The SMILES string of the molecule is c1ccc(-n2cc(CN3CCn4nc(CNc5ncccn5)cc4C3)cn2)cc1. The van der Waals surface area contributed by atoms with Crippen LogP contribution in [0.4, 0.5) is 5.95 Å². The molecule has 29 heavy (non-hydrogen) atoms. The number of rotatable bonds is 6. The molecule has 0 fully saturated rings. The van der Waals surface area contributed by atoms with Gasteiger partial charge in [-0.1, -0.05) is 18.2 Å². The fraction of sp³-hybridized carbons (Fsp3) is 0.238. The molecule has 0 spiro atoms. The van der Waals surface area contributed by atoms with Crippen molar-refractivity contribution in [3.05, 3.63) is 84.2 Å². The Morgan fingerprint density at radius 1 is 1.00 bits per heavy atom. The lowest BCUT2D eigenvalue weighted by Crippen LogP contribution is -2.33. The highest BCUT2D eigenvalue weighted by Gasteiger charge is 2.19. The molecule has 0 saturated heterocycles. The number of fused-ring (bicyclic) bond motifs is 1. The zero-order chi connectivity index (χ0) is 19.5. The summed E-state index contributed by atoms with van der Waals surface area (Å²) in [6.45, 7) is 4.24. The molecule has 4 aromatic rings. The van der Waals surface area contributed by atoms with E-state index in [-0.39, 0.29) is 0 Å². The number of para-hydroxylation sites is 1. The van der Waals surface area contributed by atoms with Gasteiger partial charge in [-0.3, -0.25) is 9.58 Å². The number of anilines is 1. The fourth-order valence-corrected chi connectivity index (χ4v) is 3.58. The summed E-state index contributed by atoms with van der Waals surface area (Å²) in [6, 6.07) is 14.2. The maximum absolute atomic E-state index is 4.71. The third-order valence-electron chi connectivity index (χ3n) is 4.98. The first-order valence-corrected chi connectivity index (χ1v) is 9.71. The number of aromatic nitrogens is 6. The lowest BCUT2D eigenvalue weighted by atomic mass is 10.2. The molecule has 5 rings (SSSR count). The van der Waals surface area contributed by atoms with Gasteiger partial charge in [0.1, 0.15) is 0 Å². The van der Waals surface area contributed by atoms with E-state index in [1.54, 1.807) is 18.5 Å². The number of hydrogen-bond acceptors (Lipinski definition) is 6. The lowest BCUT2D eigenvalue weighted by molar-refractivity contribution is 0.205. The molecule has 0 unspecified atom stereocenters. The van der Waals surface area contributed by atoms with Crippen molar-refractivity contribution >= 4 is 5.95 Å². The summed E-state index contributed by atoms with van der Waals surface area (Å²) in [7, 11) is 0. The minimum atomic E-state index is 0.619. The van der Waals surface area contributed by atoms with Crippen LogP contribution in [0.15, 0.2) is 67.3 Å². The average molecular weight is 386 g/mol. The van der Waals surface area contributed by atoms with Crippen molar-refractivity contribution in [2.24, 2.45) is 0 Å². The largest absolute Gasteiger partial charge is 0.348 e. The number of benzene rings is 1. The van der Waals surface area contributed by atoms with Crippen LogP contribution in [0, 0.1) is 0 Å². The van der Waals surface area contributed by atoms with Crippen LogP contribution in [0.1, 0.15) is 17.0 Å². The highest BCUT2D eigenvalue weighted by atomic mass is 15.3. The topological polar surface area (TPSA) is 76.7 Å². The van der Waals surface area contributed by atoms with Crippen molar-refractivity contribution in [1.82, 2.24) is 34.4 Å². The van der Waals surface area contributed by atoms with Gasteiger partial charge in [-0.05, 0) is 24.3 Å². The van der Waals surface area contributed by atoms with E-state index in [2.05, 4.69) is 54.4 Å². The zero-order valence-corrected chi connectivity index (χ0v) is 16.0. The summed E-state index contributed by atoms with van der Waals surface area (Å²) >= 11 is 0. The number of nitrogens with one attached hydrogen (secondary N) is 1. The molecule has 1 N–H and O–H groups in total. The van der Waals surface area contributed by atoms with Gasteiger partial charge in [-0.15, -0.1) is 0 Å². The molecule has 0 amide bonds. The van der Waals surface area contributed by atoms with Crippen LogP contribution in [0.2, 0.25) is 0 Å². The molecule has 8 nitrogen and oxygen atoms in total. The highest BCUT2D eigenvalue weighted by molar-refractivity contribution is 5.31. The predicted molar refractivity (Wildman–Crippen MR) is 109 cm³/mol. The van der Waals surface area contributed by atoms with Gasteiger partial charge in [0.2, 0.25) is 5.95 Å². The van der Waals surface area contributed by atoms with Gasteiger partial charge >= 0.3 is 0 Å².